The number of hydrogen-bond donors (Lipinski definition) is 2. The topological polar surface area (TPSA) is 78.8 Å². The third-order valence-corrected chi connectivity index (χ3v) is 5.21. The molecule has 3 aromatic rings. The van der Waals surface area contributed by atoms with Crippen LogP contribution in [0.2, 0.25) is 0 Å². The maximum absolute atomic E-state index is 12.5. The molecule has 0 aliphatic carbocycles. The van der Waals surface area contributed by atoms with Crippen molar-refractivity contribution in [2.45, 2.75) is 52.1 Å². The van der Waals surface area contributed by atoms with Gasteiger partial charge < -0.3 is 10.2 Å². The SMILES string of the molecule is CC(C)(C)n1ncc2c(=O)[nH]c(NCc3ccccc3N3CCCCC3)nc21. The Morgan fingerprint density at radius 3 is 2.64 bits per heavy atom. The Balaban J connectivity index is 1.61. The van der Waals surface area contributed by atoms with Crippen molar-refractivity contribution in [3.63, 3.8) is 0 Å². The van der Waals surface area contributed by atoms with E-state index in [2.05, 4.69) is 49.5 Å². The average molecular weight is 380 g/mol. The van der Waals surface area contributed by atoms with Gasteiger partial charge in [0.2, 0.25) is 5.95 Å². The minimum atomic E-state index is -0.249. The second-order valence-corrected chi connectivity index (χ2v) is 8.41. The third-order valence-electron chi connectivity index (χ3n) is 5.21. The van der Waals surface area contributed by atoms with Crippen LogP contribution in [0.3, 0.4) is 0 Å². The first-order valence-electron chi connectivity index (χ1n) is 9.99. The molecule has 1 fully saturated rings. The summed E-state index contributed by atoms with van der Waals surface area (Å²) in [4.78, 5) is 22.4. The molecule has 2 aromatic heterocycles. The minimum Gasteiger partial charge on any atom is -0.371 e. The monoisotopic (exact) mass is 380 g/mol. The molecular formula is C21H28N6O. The van der Waals surface area contributed by atoms with Crippen LogP contribution in [0.5, 0.6) is 0 Å². The van der Waals surface area contributed by atoms with Crippen LogP contribution in [0, 0.1) is 0 Å². The van der Waals surface area contributed by atoms with Gasteiger partial charge >= 0.3 is 0 Å². The molecule has 7 heteroatoms. The smallest absolute Gasteiger partial charge is 0.263 e. The lowest BCUT2D eigenvalue weighted by Gasteiger charge is -2.30. The lowest BCUT2D eigenvalue weighted by atomic mass is 10.1. The molecule has 0 bridgehead atoms. The molecular weight excluding hydrogens is 352 g/mol. The van der Waals surface area contributed by atoms with Gasteiger partial charge in [0.1, 0.15) is 5.39 Å². The van der Waals surface area contributed by atoms with E-state index in [1.807, 2.05) is 20.8 Å². The van der Waals surface area contributed by atoms with Gasteiger partial charge in [0.15, 0.2) is 5.65 Å². The molecule has 0 radical (unpaired) electrons. The van der Waals surface area contributed by atoms with Crippen LogP contribution in [0.15, 0.2) is 35.3 Å². The minimum absolute atomic E-state index is 0.174. The Bertz CT molecular complexity index is 1020. The van der Waals surface area contributed by atoms with Crippen LogP contribution in [-0.2, 0) is 12.1 Å². The van der Waals surface area contributed by atoms with Crippen molar-refractivity contribution in [3.05, 3.63) is 46.4 Å². The van der Waals surface area contributed by atoms with Crippen LogP contribution >= 0.6 is 0 Å². The summed E-state index contributed by atoms with van der Waals surface area (Å²) in [5, 5.41) is 8.18. The van der Waals surface area contributed by atoms with E-state index in [-0.39, 0.29) is 11.1 Å². The van der Waals surface area contributed by atoms with Gasteiger partial charge in [0.05, 0.1) is 11.7 Å². The molecule has 2 N–H and O–H groups in total. The van der Waals surface area contributed by atoms with Gasteiger partial charge in [-0.05, 0) is 51.7 Å². The van der Waals surface area contributed by atoms with E-state index in [0.717, 1.165) is 13.1 Å². The number of nitrogens with zero attached hydrogens (tertiary/aromatic N) is 4. The van der Waals surface area contributed by atoms with Crippen molar-refractivity contribution in [2.24, 2.45) is 0 Å². The Kier molecular flexibility index (Phi) is 4.83. The molecule has 1 saturated heterocycles. The van der Waals surface area contributed by atoms with Gasteiger partial charge in [-0.25, -0.2) is 4.68 Å². The summed E-state index contributed by atoms with van der Waals surface area (Å²) in [5.41, 5.74) is 2.64. The number of aromatic amines is 1. The van der Waals surface area contributed by atoms with Crippen LogP contribution in [0.4, 0.5) is 11.6 Å². The highest BCUT2D eigenvalue weighted by Crippen LogP contribution is 2.25. The largest absolute Gasteiger partial charge is 0.371 e. The number of aromatic nitrogens is 4. The van der Waals surface area contributed by atoms with Crippen molar-refractivity contribution in [1.29, 1.82) is 0 Å². The number of anilines is 2. The number of benzene rings is 1. The highest BCUT2D eigenvalue weighted by molar-refractivity contribution is 5.74. The van der Waals surface area contributed by atoms with Crippen molar-refractivity contribution >= 4 is 22.7 Å². The Hall–Kier alpha value is -2.83. The molecule has 1 aliphatic rings. The predicted molar refractivity (Wildman–Crippen MR) is 113 cm³/mol. The lowest BCUT2D eigenvalue weighted by molar-refractivity contribution is 0.366. The molecule has 0 saturated carbocycles. The summed E-state index contributed by atoms with van der Waals surface area (Å²) < 4.78 is 1.80. The Labute approximate surface area is 164 Å². The van der Waals surface area contributed by atoms with Crippen molar-refractivity contribution < 1.29 is 0 Å². The van der Waals surface area contributed by atoms with E-state index in [0.29, 0.717) is 23.5 Å². The van der Waals surface area contributed by atoms with Gasteiger partial charge in [-0.15, -0.1) is 0 Å². The molecule has 1 aromatic carbocycles. The molecule has 1 aliphatic heterocycles. The Morgan fingerprint density at radius 2 is 1.89 bits per heavy atom. The summed E-state index contributed by atoms with van der Waals surface area (Å²) in [5.74, 6) is 0.469. The molecule has 0 atom stereocenters. The highest BCUT2D eigenvalue weighted by atomic mass is 16.1. The number of hydrogen-bond acceptors (Lipinski definition) is 5. The van der Waals surface area contributed by atoms with E-state index in [1.54, 1.807) is 10.9 Å². The number of nitrogens with one attached hydrogen (secondary N) is 2. The maximum atomic E-state index is 12.5. The molecule has 4 rings (SSSR count). The van der Waals surface area contributed by atoms with Gasteiger partial charge in [0.25, 0.3) is 5.56 Å². The fraction of sp³-hybridized carbons (Fsp3) is 0.476. The van der Waals surface area contributed by atoms with E-state index in [9.17, 15) is 4.79 Å². The second kappa shape index (κ2) is 7.30. The number of fused-ring (bicyclic) bond motifs is 1. The van der Waals surface area contributed by atoms with Crippen LogP contribution in [-0.4, -0.2) is 32.8 Å². The standard InChI is InChI=1S/C21H28N6O/c1-21(2,3)27-18-16(14-23-27)19(28)25-20(24-18)22-13-15-9-5-6-10-17(15)26-11-7-4-8-12-26/h5-6,9-10,14H,4,7-8,11-13H2,1-3H3,(H2,22,24,25,28). The maximum Gasteiger partial charge on any atom is 0.263 e. The fourth-order valence-corrected chi connectivity index (χ4v) is 3.78. The van der Waals surface area contributed by atoms with Gasteiger partial charge in [-0.1, -0.05) is 18.2 Å². The average Bonchev–Trinajstić information content (AvgIpc) is 3.12. The second-order valence-electron chi connectivity index (χ2n) is 8.41. The number of rotatable bonds is 4. The normalized spacial score (nSPS) is 15.2. The molecule has 0 spiro atoms. The predicted octanol–water partition coefficient (Wildman–Crippen LogP) is 3.48. The van der Waals surface area contributed by atoms with Crippen LogP contribution < -0.4 is 15.8 Å². The molecule has 148 valence electrons. The zero-order valence-corrected chi connectivity index (χ0v) is 16.8. The fourth-order valence-electron chi connectivity index (χ4n) is 3.78. The quantitative estimate of drug-likeness (QED) is 0.724. The van der Waals surface area contributed by atoms with E-state index < -0.39 is 0 Å². The van der Waals surface area contributed by atoms with E-state index >= 15 is 0 Å². The lowest BCUT2D eigenvalue weighted by Crippen LogP contribution is -2.30. The van der Waals surface area contributed by atoms with Crippen LogP contribution in [0.25, 0.3) is 11.0 Å². The highest BCUT2D eigenvalue weighted by Gasteiger charge is 2.20. The first-order chi connectivity index (χ1) is 13.4. The first kappa shape index (κ1) is 18.5. The number of para-hydroxylation sites is 1. The Morgan fingerprint density at radius 1 is 1.14 bits per heavy atom. The van der Waals surface area contributed by atoms with Gasteiger partial charge in [0, 0.05) is 25.3 Å². The number of piperidine rings is 1. The first-order valence-corrected chi connectivity index (χ1v) is 9.99. The summed E-state index contributed by atoms with van der Waals surface area (Å²) in [6.45, 7) is 8.94. The molecule has 28 heavy (non-hydrogen) atoms. The third kappa shape index (κ3) is 3.61. The van der Waals surface area contributed by atoms with E-state index in [4.69, 9.17) is 0 Å². The summed E-state index contributed by atoms with van der Waals surface area (Å²) in [7, 11) is 0. The van der Waals surface area contributed by atoms with Crippen molar-refractivity contribution in [1.82, 2.24) is 19.7 Å². The summed E-state index contributed by atoms with van der Waals surface area (Å²) in [6.07, 6.45) is 5.37. The van der Waals surface area contributed by atoms with Crippen molar-refractivity contribution in [3.8, 4) is 0 Å². The summed E-state index contributed by atoms with van der Waals surface area (Å²) >= 11 is 0. The summed E-state index contributed by atoms with van der Waals surface area (Å²) in [6, 6.07) is 8.45. The zero-order chi connectivity index (χ0) is 19.7. The molecule has 0 unspecified atom stereocenters. The molecule has 0 amide bonds. The van der Waals surface area contributed by atoms with Crippen LogP contribution in [0.1, 0.15) is 45.6 Å². The van der Waals surface area contributed by atoms with Gasteiger partial charge in [-0.3, -0.25) is 9.78 Å². The van der Waals surface area contributed by atoms with E-state index in [1.165, 1.54) is 30.5 Å². The number of H-pyrrole nitrogens is 1. The zero-order valence-electron chi connectivity index (χ0n) is 16.8. The molecule has 3 heterocycles. The van der Waals surface area contributed by atoms with Crippen molar-refractivity contribution in [2.75, 3.05) is 23.3 Å². The molecule has 7 nitrogen and oxygen atoms in total. The van der Waals surface area contributed by atoms with Gasteiger partial charge in [-0.2, -0.15) is 10.1 Å².